The van der Waals surface area contributed by atoms with Crippen LogP contribution in [0, 0.1) is 5.82 Å². The predicted octanol–water partition coefficient (Wildman–Crippen LogP) is 5.36. The molecule has 0 heterocycles. The average molecular weight is 350 g/mol. The molecule has 0 aliphatic heterocycles. The molecule has 4 heteroatoms. The predicted molar refractivity (Wildman–Crippen MR) is 97.9 cm³/mol. The summed E-state index contributed by atoms with van der Waals surface area (Å²) >= 11 is 0. The molecule has 0 unspecified atom stereocenters. The summed E-state index contributed by atoms with van der Waals surface area (Å²) in [6.45, 7) is 3.69. The Kier molecular flexibility index (Phi) is 5.03. The second kappa shape index (κ2) is 7.40. The first-order chi connectivity index (χ1) is 12.5. The van der Waals surface area contributed by atoms with Gasteiger partial charge in [-0.2, -0.15) is 0 Å². The number of carbonyl (C=O) groups excluding carboxylic acids is 1. The molecule has 0 radical (unpaired) electrons. The van der Waals surface area contributed by atoms with E-state index in [-0.39, 0.29) is 11.3 Å². The van der Waals surface area contributed by atoms with E-state index in [1.165, 1.54) is 18.2 Å². The zero-order valence-corrected chi connectivity index (χ0v) is 14.6. The molecule has 0 aromatic heterocycles. The largest absolute Gasteiger partial charge is 0.480 e. The SMILES string of the molecule is CC(C)(Oc1cc(C(=O)Oc2ccccc2)ccc1F)c1ccccc1. The minimum absolute atomic E-state index is 0.00126. The van der Waals surface area contributed by atoms with Crippen molar-refractivity contribution in [1.29, 1.82) is 0 Å². The van der Waals surface area contributed by atoms with Crippen LogP contribution in [0.4, 0.5) is 4.39 Å². The summed E-state index contributed by atoms with van der Waals surface area (Å²) in [4.78, 5) is 12.3. The molecule has 0 saturated carbocycles. The Morgan fingerprint density at radius 3 is 2.15 bits per heavy atom. The minimum Gasteiger partial charge on any atom is -0.480 e. The molecule has 26 heavy (non-hydrogen) atoms. The minimum atomic E-state index is -0.760. The number of esters is 1. The third kappa shape index (κ3) is 4.09. The highest BCUT2D eigenvalue weighted by molar-refractivity contribution is 5.91. The lowest BCUT2D eigenvalue weighted by Gasteiger charge is -2.27. The van der Waals surface area contributed by atoms with Gasteiger partial charge in [0, 0.05) is 0 Å². The van der Waals surface area contributed by atoms with Crippen molar-refractivity contribution in [2.24, 2.45) is 0 Å². The van der Waals surface area contributed by atoms with Gasteiger partial charge in [0.25, 0.3) is 0 Å². The fourth-order valence-corrected chi connectivity index (χ4v) is 2.54. The lowest BCUT2D eigenvalue weighted by Crippen LogP contribution is -2.25. The number of hydrogen-bond acceptors (Lipinski definition) is 3. The van der Waals surface area contributed by atoms with Crippen LogP contribution in [-0.2, 0) is 5.60 Å². The van der Waals surface area contributed by atoms with Crippen molar-refractivity contribution < 1.29 is 18.7 Å². The van der Waals surface area contributed by atoms with Gasteiger partial charge in [-0.05, 0) is 49.7 Å². The zero-order valence-electron chi connectivity index (χ0n) is 14.6. The highest BCUT2D eigenvalue weighted by Crippen LogP contribution is 2.30. The number of ether oxygens (including phenoxy) is 2. The third-order valence-corrected chi connectivity index (χ3v) is 3.95. The summed E-state index contributed by atoms with van der Waals surface area (Å²) in [7, 11) is 0. The number of hydrogen-bond donors (Lipinski definition) is 0. The van der Waals surface area contributed by atoms with Crippen LogP contribution in [0.3, 0.4) is 0 Å². The van der Waals surface area contributed by atoms with Gasteiger partial charge >= 0.3 is 5.97 Å². The summed E-state index contributed by atoms with van der Waals surface area (Å²) < 4.78 is 25.4. The van der Waals surface area contributed by atoms with Crippen molar-refractivity contribution in [2.75, 3.05) is 0 Å². The van der Waals surface area contributed by atoms with Crippen LogP contribution in [0.1, 0.15) is 29.8 Å². The molecule has 3 aromatic rings. The number of carbonyl (C=O) groups is 1. The van der Waals surface area contributed by atoms with Crippen LogP contribution < -0.4 is 9.47 Å². The van der Waals surface area contributed by atoms with E-state index in [0.717, 1.165) is 5.56 Å². The van der Waals surface area contributed by atoms with Gasteiger partial charge in [-0.3, -0.25) is 0 Å². The summed E-state index contributed by atoms with van der Waals surface area (Å²) in [6.07, 6.45) is 0. The third-order valence-electron chi connectivity index (χ3n) is 3.95. The van der Waals surface area contributed by atoms with Crippen molar-refractivity contribution in [3.8, 4) is 11.5 Å². The molecule has 0 aliphatic carbocycles. The van der Waals surface area contributed by atoms with Crippen LogP contribution in [0.2, 0.25) is 0 Å². The molecule has 0 atom stereocenters. The molecule has 0 N–H and O–H groups in total. The van der Waals surface area contributed by atoms with Gasteiger partial charge in [-0.15, -0.1) is 0 Å². The van der Waals surface area contributed by atoms with Crippen molar-refractivity contribution in [2.45, 2.75) is 19.4 Å². The first-order valence-electron chi connectivity index (χ1n) is 8.27. The highest BCUT2D eigenvalue weighted by atomic mass is 19.1. The van der Waals surface area contributed by atoms with E-state index in [2.05, 4.69) is 0 Å². The fourth-order valence-electron chi connectivity index (χ4n) is 2.54. The molecule has 0 aliphatic rings. The van der Waals surface area contributed by atoms with Gasteiger partial charge in [-0.1, -0.05) is 48.5 Å². The molecule has 0 saturated heterocycles. The van der Waals surface area contributed by atoms with E-state index in [1.54, 1.807) is 24.3 Å². The second-order valence-corrected chi connectivity index (χ2v) is 6.33. The summed E-state index contributed by atoms with van der Waals surface area (Å²) in [6, 6.07) is 22.2. The maximum atomic E-state index is 14.2. The molecule has 0 amide bonds. The molecular formula is C22H19FO3. The number of benzene rings is 3. The topological polar surface area (TPSA) is 35.5 Å². The Hall–Kier alpha value is -3.14. The monoisotopic (exact) mass is 350 g/mol. The average Bonchev–Trinajstić information content (AvgIpc) is 2.65. The Morgan fingerprint density at radius 1 is 0.885 bits per heavy atom. The van der Waals surface area contributed by atoms with E-state index in [0.29, 0.717) is 5.75 Å². The Morgan fingerprint density at radius 2 is 1.50 bits per heavy atom. The van der Waals surface area contributed by atoms with Crippen molar-refractivity contribution in [3.63, 3.8) is 0 Å². The first kappa shape index (κ1) is 17.7. The molecule has 0 fully saturated rings. The highest BCUT2D eigenvalue weighted by Gasteiger charge is 2.24. The molecular weight excluding hydrogens is 331 g/mol. The summed E-state index contributed by atoms with van der Waals surface area (Å²) in [5.74, 6) is -0.681. The van der Waals surface area contributed by atoms with Gasteiger partial charge in [0.1, 0.15) is 11.4 Å². The Balaban J connectivity index is 1.83. The van der Waals surface area contributed by atoms with Crippen molar-refractivity contribution in [3.05, 3.63) is 95.8 Å². The van der Waals surface area contributed by atoms with Crippen LogP contribution >= 0.6 is 0 Å². The maximum Gasteiger partial charge on any atom is 0.343 e. The van der Waals surface area contributed by atoms with Crippen molar-refractivity contribution in [1.82, 2.24) is 0 Å². The Labute approximate surface area is 152 Å². The van der Waals surface area contributed by atoms with Gasteiger partial charge in [0.15, 0.2) is 11.6 Å². The number of para-hydroxylation sites is 1. The van der Waals surface area contributed by atoms with E-state index in [4.69, 9.17) is 9.47 Å². The molecule has 3 nitrogen and oxygen atoms in total. The normalized spacial score (nSPS) is 11.0. The molecule has 132 valence electrons. The van der Waals surface area contributed by atoms with Crippen LogP contribution in [0.15, 0.2) is 78.9 Å². The van der Waals surface area contributed by atoms with E-state index < -0.39 is 17.4 Å². The maximum absolute atomic E-state index is 14.2. The van der Waals surface area contributed by atoms with E-state index in [1.807, 2.05) is 50.2 Å². The van der Waals surface area contributed by atoms with Gasteiger partial charge in [-0.25, -0.2) is 9.18 Å². The summed E-state index contributed by atoms with van der Waals surface area (Å²) in [5, 5.41) is 0. The first-order valence-corrected chi connectivity index (χ1v) is 8.27. The van der Waals surface area contributed by atoms with Crippen molar-refractivity contribution >= 4 is 5.97 Å². The second-order valence-electron chi connectivity index (χ2n) is 6.33. The lowest BCUT2D eigenvalue weighted by molar-refractivity contribution is 0.0730. The number of rotatable bonds is 5. The summed E-state index contributed by atoms with van der Waals surface area (Å²) in [5.41, 5.74) is 0.357. The molecule has 0 bridgehead atoms. The van der Waals surface area contributed by atoms with Crippen LogP contribution in [-0.4, -0.2) is 5.97 Å². The van der Waals surface area contributed by atoms with E-state index in [9.17, 15) is 9.18 Å². The van der Waals surface area contributed by atoms with Gasteiger partial charge < -0.3 is 9.47 Å². The molecule has 3 aromatic carbocycles. The smallest absolute Gasteiger partial charge is 0.343 e. The number of halogens is 1. The lowest BCUT2D eigenvalue weighted by atomic mass is 9.98. The quantitative estimate of drug-likeness (QED) is 0.459. The molecule has 0 spiro atoms. The van der Waals surface area contributed by atoms with Gasteiger partial charge in [0.2, 0.25) is 0 Å². The van der Waals surface area contributed by atoms with Gasteiger partial charge in [0.05, 0.1) is 5.56 Å². The Bertz CT molecular complexity index is 890. The zero-order chi connectivity index (χ0) is 18.6. The van der Waals surface area contributed by atoms with Crippen LogP contribution in [0.25, 0.3) is 0 Å². The van der Waals surface area contributed by atoms with Crippen LogP contribution in [0.5, 0.6) is 11.5 Å². The van der Waals surface area contributed by atoms with E-state index >= 15 is 0 Å². The fraction of sp³-hybridized carbons (Fsp3) is 0.136. The molecule has 3 rings (SSSR count). The standard InChI is InChI=1S/C22H19FO3/c1-22(2,17-9-5-3-6-10-17)26-20-15-16(13-14-19(20)23)21(24)25-18-11-7-4-8-12-18/h3-15H,1-2H3.